The third-order valence-electron chi connectivity index (χ3n) is 5.37. The van der Waals surface area contributed by atoms with Crippen LogP contribution in [0.25, 0.3) is 0 Å². The smallest absolute Gasteiger partial charge is 0.342 e. The number of hydrogen-bond acceptors (Lipinski definition) is 4. The second-order valence-corrected chi connectivity index (χ2v) is 7.75. The van der Waals surface area contributed by atoms with Gasteiger partial charge in [0.1, 0.15) is 0 Å². The van der Waals surface area contributed by atoms with E-state index in [4.69, 9.17) is 4.52 Å². The molecule has 0 unspecified atom stereocenters. The number of benzene rings is 1. The number of hydrogen-bond donors (Lipinski definition) is 0. The van der Waals surface area contributed by atoms with Crippen molar-refractivity contribution in [1.29, 1.82) is 0 Å². The van der Waals surface area contributed by atoms with E-state index in [2.05, 4.69) is 10.1 Å². The Morgan fingerprint density at radius 3 is 2.82 bits per heavy atom. The topological polar surface area (TPSA) is 59.2 Å². The maximum absolute atomic E-state index is 12.9. The van der Waals surface area contributed by atoms with Crippen LogP contribution in [0.5, 0.6) is 0 Å². The second kappa shape index (κ2) is 7.56. The van der Waals surface area contributed by atoms with E-state index in [0.717, 1.165) is 43.6 Å². The molecule has 0 bridgehead atoms. The van der Waals surface area contributed by atoms with Crippen LogP contribution in [-0.2, 0) is 23.8 Å². The van der Waals surface area contributed by atoms with Gasteiger partial charge in [0.25, 0.3) is 0 Å². The van der Waals surface area contributed by atoms with Crippen molar-refractivity contribution in [2.45, 2.75) is 50.6 Å². The molecule has 0 spiro atoms. The number of nitrogens with zero attached hydrogens (tertiary/aromatic N) is 3. The average Bonchev–Trinajstić information content (AvgIpc) is 3.41. The molecule has 2 aromatic rings. The highest BCUT2D eigenvalue weighted by Gasteiger charge is 2.32. The lowest BCUT2D eigenvalue weighted by Gasteiger charge is -2.32. The molecular formula is C20H22F3N3O2. The predicted molar refractivity (Wildman–Crippen MR) is 94.4 cm³/mol. The van der Waals surface area contributed by atoms with Gasteiger partial charge in [-0.15, -0.1) is 0 Å². The third kappa shape index (κ3) is 4.54. The lowest BCUT2D eigenvalue weighted by atomic mass is 9.94. The molecule has 0 radical (unpaired) electrons. The average molecular weight is 393 g/mol. The highest BCUT2D eigenvalue weighted by atomic mass is 19.4. The molecule has 1 aliphatic carbocycles. The van der Waals surface area contributed by atoms with Gasteiger partial charge in [-0.25, -0.2) is 0 Å². The van der Waals surface area contributed by atoms with Gasteiger partial charge in [0.2, 0.25) is 11.8 Å². The molecule has 150 valence electrons. The first kappa shape index (κ1) is 19.0. The molecule has 28 heavy (non-hydrogen) atoms. The number of piperidine rings is 1. The van der Waals surface area contributed by atoms with Crippen molar-refractivity contribution in [3.8, 4) is 0 Å². The van der Waals surface area contributed by atoms with Crippen LogP contribution in [-0.4, -0.2) is 34.0 Å². The van der Waals surface area contributed by atoms with Crippen LogP contribution in [0.15, 0.2) is 28.8 Å². The Morgan fingerprint density at radius 1 is 1.25 bits per heavy atom. The lowest BCUT2D eigenvalue weighted by Crippen LogP contribution is -2.41. The first-order valence-corrected chi connectivity index (χ1v) is 9.65. The minimum atomic E-state index is -4.40. The lowest BCUT2D eigenvalue weighted by molar-refractivity contribution is -0.138. The van der Waals surface area contributed by atoms with Gasteiger partial charge in [-0.05, 0) is 43.2 Å². The molecule has 2 fully saturated rings. The molecule has 1 saturated heterocycles. The van der Waals surface area contributed by atoms with Crippen LogP contribution in [0.3, 0.4) is 0 Å². The molecule has 1 amide bonds. The van der Waals surface area contributed by atoms with Crippen LogP contribution in [0, 0.1) is 5.92 Å². The molecule has 1 saturated carbocycles. The Hall–Kier alpha value is -2.38. The molecule has 0 N–H and O–H groups in total. The van der Waals surface area contributed by atoms with Crippen LogP contribution in [0.4, 0.5) is 13.2 Å². The van der Waals surface area contributed by atoms with E-state index in [-0.39, 0.29) is 18.2 Å². The normalized spacial score (nSPS) is 20.4. The maximum atomic E-state index is 12.9. The van der Waals surface area contributed by atoms with Crippen LogP contribution in [0.2, 0.25) is 0 Å². The molecular weight excluding hydrogens is 371 g/mol. The molecule has 5 nitrogen and oxygen atoms in total. The number of carbonyl (C=O) groups excluding carboxylic acids is 1. The zero-order chi connectivity index (χ0) is 19.7. The quantitative estimate of drug-likeness (QED) is 0.771. The van der Waals surface area contributed by atoms with E-state index in [1.54, 1.807) is 11.0 Å². The SMILES string of the molecule is O=C(Cc1cccc(C(F)(F)F)c1)N1CCC[C@H](Cc2nc(C3CC3)no2)C1. The van der Waals surface area contributed by atoms with Crippen LogP contribution in [0.1, 0.15) is 54.4 Å². The van der Waals surface area contributed by atoms with Gasteiger partial charge in [-0.3, -0.25) is 4.79 Å². The highest BCUT2D eigenvalue weighted by Crippen LogP contribution is 2.38. The summed E-state index contributed by atoms with van der Waals surface area (Å²) >= 11 is 0. The van der Waals surface area contributed by atoms with E-state index in [0.29, 0.717) is 36.9 Å². The number of halogens is 3. The first-order valence-electron chi connectivity index (χ1n) is 9.65. The summed E-state index contributed by atoms with van der Waals surface area (Å²) in [6.07, 6.45) is 0.256. The van der Waals surface area contributed by atoms with Gasteiger partial charge in [0.05, 0.1) is 12.0 Å². The summed E-state index contributed by atoms with van der Waals surface area (Å²) in [6.45, 7) is 1.20. The van der Waals surface area contributed by atoms with Crippen LogP contribution < -0.4 is 0 Å². The van der Waals surface area contributed by atoms with Crippen molar-refractivity contribution in [3.63, 3.8) is 0 Å². The van der Waals surface area contributed by atoms with Crippen molar-refractivity contribution in [2.75, 3.05) is 13.1 Å². The maximum Gasteiger partial charge on any atom is 0.416 e. The number of carbonyl (C=O) groups is 1. The Labute approximate surface area is 160 Å². The number of rotatable bonds is 5. The van der Waals surface area contributed by atoms with Crippen LogP contribution >= 0.6 is 0 Å². The van der Waals surface area contributed by atoms with E-state index >= 15 is 0 Å². The van der Waals surface area contributed by atoms with E-state index in [1.165, 1.54) is 6.07 Å². The largest absolute Gasteiger partial charge is 0.416 e. The van der Waals surface area contributed by atoms with Gasteiger partial charge in [-0.1, -0.05) is 23.4 Å². The molecule has 4 rings (SSSR count). The summed E-state index contributed by atoms with van der Waals surface area (Å²) < 4.78 is 43.9. The van der Waals surface area contributed by atoms with Crippen molar-refractivity contribution >= 4 is 5.91 Å². The number of likely N-dealkylation sites (tertiary alicyclic amines) is 1. The van der Waals surface area contributed by atoms with Gasteiger partial charge in [0, 0.05) is 25.4 Å². The van der Waals surface area contributed by atoms with Crippen molar-refractivity contribution < 1.29 is 22.5 Å². The fourth-order valence-electron chi connectivity index (χ4n) is 3.71. The molecule has 1 aromatic carbocycles. The molecule has 1 atom stereocenters. The molecule has 2 aliphatic rings. The Morgan fingerprint density at radius 2 is 2.07 bits per heavy atom. The number of alkyl halides is 3. The highest BCUT2D eigenvalue weighted by molar-refractivity contribution is 5.79. The van der Waals surface area contributed by atoms with Crippen molar-refractivity contribution in [2.24, 2.45) is 5.92 Å². The molecule has 1 aromatic heterocycles. The fraction of sp³-hybridized carbons (Fsp3) is 0.550. The Balaban J connectivity index is 1.35. The van der Waals surface area contributed by atoms with Gasteiger partial charge in [0.15, 0.2) is 5.82 Å². The predicted octanol–water partition coefficient (Wildman–Crippen LogP) is 3.99. The zero-order valence-corrected chi connectivity index (χ0v) is 15.4. The summed E-state index contributed by atoms with van der Waals surface area (Å²) in [5, 5.41) is 4.02. The summed E-state index contributed by atoms with van der Waals surface area (Å²) in [5.74, 6) is 1.91. The minimum absolute atomic E-state index is 0.0248. The number of amides is 1. The van der Waals surface area contributed by atoms with Gasteiger partial charge >= 0.3 is 6.18 Å². The fourth-order valence-corrected chi connectivity index (χ4v) is 3.71. The van der Waals surface area contributed by atoms with E-state index in [1.807, 2.05) is 0 Å². The van der Waals surface area contributed by atoms with E-state index in [9.17, 15) is 18.0 Å². The number of aromatic nitrogens is 2. The molecule has 2 heterocycles. The second-order valence-electron chi connectivity index (χ2n) is 7.75. The van der Waals surface area contributed by atoms with Crippen molar-refractivity contribution in [3.05, 3.63) is 47.1 Å². The first-order chi connectivity index (χ1) is 13.4. The van der Waals surface area contributed by atoms with E-state index < -0.39 is 11.7 Å². The molecule has 1 aliphatic heterocycles. The minimum Gasteiger partial charge on any atom is -0.342 e. The zero-order valence-electron chi connectivity index (χ0n) is 15.4. The van der Waals surface area contributed by atoms with Crippen molar-refractivity contribution in [1.82, 2.24) is 15.0 Å². The Kier molecular flexibility index (Phi) is 5.12. The third-order valence-corrected chi connectivity index (χ3v) is 5.37. The monoisotopic (exact) mass is 393 g/mol. The summed E-state index contributed by atoms with van der Waals surface area (Å²) in [6, 6.07) is 4.98. The Bertz CT molecular complexity index is 845. The summed E-state index contributed by atoms with van der Waals surface area (Å²) in [7, 11) is 0. The standard InChI is InChI=1S/C20H22F3N3O2/c21-20(22,23)16-5-1-3-13(9-16)11-18(27)26-8-2-4-14(12-26)10-17-24-19(25-28-17)15-6-7-15/h1,3,5,9,14-15H,2,4,6-8,10-12H2/t14-/m1/s1. The summed E-state index contributed by atoms with van der Waals surface area (Å²) in [5.41, 5.74) is -0.342. The molecule has 8 heteroatoms. The van der Waals surface area contributed by atoms with Gasteiger partial charge in [-0.2, -0.15) is 18.2 Å². The van der Waals surface area contributed by atoms with Gasteiger partial charge < -0.3 is 9.42 Å². The summed E-state index contributed by atoms with van der Waals surface area (Å²) in [4.78, 5) is 18.8.